The number of hydrogen-bond donors (Lipinski definition) is 1. The fourth-order valence-electron chi connectivity index (χ4n) is 4.77. The van der Waals surface area contributed by atoms with Gasteiger partial charge in [-0.3, -0.25) is 0 Å². The van der Waals surface area contributed by atoms with Crippen LogP contribution in [0.2, 0.25) is 0 Å². The van der Waals surface area contributed by atoms with Crippen molar-refractivity contribution in [3.63, 3.8) is 0 Å². The van der Waals surface area contributed by atoms with Crippen LogP contribution < -0.4 is 5.32 Å². The van der Waals surface area contributed by atoms with Crippen LogP contribution in [-0.4, -0.2) is 38.1 Å². The standard InChI is InChI=1S/C19H38N2/c1-15(2)17-10-11-19(20-3)18(12-17)14-21(4)13-16-8-6-5-7-9-16/h15-20H,5-14H2,1-4H3. The van der Waals surface area contributed by atoms with E-state index in [1.165, 1.54) is 64.5 Å². The third-order valence-corrected chi connectivity index (χ3v) is 6.18. The van der Waals surface area contributed by atoms with Gasteiger partial charge in [-0.05, 0) is 69.9 Å². The van der Waals surface area contributed by atoms with Crippen LogP contribution in [0.3, 0.4) is 0 Å². The molecule has 2 aliphatic carbocycles. The van der Waals surface area contributed by atoms with Crippen molar-refractivity contribution in [2.75, 3.05) is 27.2 Å². The van der Waals surface area contributed by atoms with Gasteiger partial charge in [-0.15, -0.1) is 0 Å². The third kappa shape index (κ3) is 5.25. The summed E-state index contributed by atoms with van der Waals surface area (Å²) in [5, 5.41) is 3.60. The Hall–Kier alpha value is -0.0800. The Balaban J connectivity index is 1.82. The molecule has 0 heterocycles. The summed E-state index contributed by atoms with van der Waals surface area (Å²) >= 11 is 0. The van der Waals surface area contributed by atoms with E-state index in [1.807, 2.05) is 0 Å². The molecule has 0 saturated heterocycles. The molecule has 2 rings (SSSR count). The first kappa shape index (κ1) is 17.3. The summed E-state index contributed by atoms with van der Waals surface area (Å²) in [6, 6.07) is 0.744. The van der Waals surface area contributed by atoms with E-state index in [1.54, 1.807) is 0 Å². The second kappa shape index (κ2) is 8.53. The van der Waals surface area contributed by atoms with Crippen LogP contribution in [-0.2, 0) is 0 Å². The van der Waals surface area contributed by atoms with Gasteiger partial charge in [0.2, 0.25) is 0 Å². The van der Waals surface area contributed by atoms with Crippen molar-refractivity contribution in [1.82, 2.24) is 10.2 Å². The molecule has 2 fully saturated rings. The van der Waals surface area contributed by atoms with Crippen LogP contribution in [0.25, 0.3) is 0 Å². The van der Waals surface area contributed by atoms with Gasteiger partial charge in [-0.1, -0.05) is 33.1 Å². The highest BCUT2D eigenvalue weighted by molar-refractivity contribution is 4.87. The first-order valence-corrected chi connectivity index (χ1v) is 9.46. The van der Waals surface area contributed by atoms with Crippen molar-refractivity contribution >= 4 is 0 Å². The highest BCUT2D eigenvalue weighted by Gasteiger charge is 2.31. The minimum Gasteiger partial charge on any atom is -0.317 e. The van der Waals surface area contributed by atoms with Crippen LogP contribution in [0.1, 0.15) is 65.2 Å². The zero-order chi connectivity index (χ0) is 15.2. The van der Waals surface area contributed by atoms with E-state index in [-0.39, 0.29) is 0 Å². The van der Waals surface area contributed by atoms with Gasteiger partial charge in [0.15, 0.2) is 0 Å². The molecule has 0 amide bonds. The Bertz CT molecular complexity index is 283. The molecule has 0 aromatic rings. The predicted octanol–water partition coefficient (Wildman–Crippen LogP) is 4.16. The van der Waals surface area contributed by atoms with Crippen LogP contribution in [0.5, 0.6) is 0 Å². The molecule has 1 N–H and O–H groups in total. The maximum Gasteiger partial charge on any atom is 0.0105 e. The van der Waals surface area contributed by atoms with E-state index in [9.17, 15) is 0 Å². The van der Waals surface area contributed by atoms with Crippen molar-refractivity contribution < 1.29 is 0 Å². The molecule has 0 aromatic carbocycles. The topological polar surface area (TPSA) is 15.3 Å². The second-order valence-corrected chi connectivity index (χ2v) is 8.20. The van der Waals surface area contributed by atoms with Gasteiger partial charge < -0.3 is 10.2 Å². The molecule has 2 heteroatoms. The van der Waals surface area contributed by atoms with Crippen molar-refractivity contribution in [2.45, 2.75) is 71.3 Å². The van der Waals surface area contributed by atoms with Gasteiger partial charge in [0.05, 0.1) is 0 Å². The number of hydrogen-bond acceptors (Lipinski definition) is 2. The summed E-state index contributed by atoms with van der Waals surface area (Å²) in [4.78, 5) is 2.65. The molecule has 3 unspecified atom stereocenters. The van der Waals surface area contributed by atoms with Gasteiger partial charge in [-0.25, -0.2) is 0 Å². The summed E-state index contributed by atoms with van der Waals surface area (Å²) in [6.45, 7) is 7.45. The SMILES string of the molecule is CNC1CCC(C(C)C)CC1CN(C)CC1CCCCC1. The quantitative estimate of drug-likeness (QED) is 0.791. The second-order valence-electron chi connectivity index (χ2n) is 8.20. The highest BCUT2D eigenvalue weighted by atomic mass is 15.1. The average Bonchev–Trinajstić information content (AvgIpc) is 2.48. The van der Waals surface area contributed by atoms with Gasteiger partial charge >= 0.3 is 0 Å². The lowest BCUT2D eigenvalue weighted by Crippen LogP contribution is -2.45. The smallest absolute Gasteiger partial charge is 0.0105 e. The summed E-state index contributed by atoms with van der Waals surface area (Å²) < 4.78 is 0. The van der Waals surface area contributed by atoms with Gasteiger partial charge in [0.1, 0.15) is 0 Å². The molecule has 2 saturated carbocycles. The molecule has 0 aliphatic heterocycles. The molecular formula is C19H38N2. The van der Waals surface area contributed by atoms with E-state index in [0.29, 0.717) is 0 Å². The van der Waals surface area contributed by atoms with Crippen molar-refractivity contribution in [2.24, 2.45) is 23.7 Å². The zero-order valence-electron chi connectivity index (χ0n) is 14.9. The van der Waals surface area contributed by atoms with E-state index >= 15 is 0 Å². The maximum atomic E-state index is 3.60. The Morgan fingerprint density at radius 3 is 2.33 bits per heavy atom. The summed E-state index contributed by atoms with van der Waals surface area (Å²) in [5.41, 5.74) is 0. The predicted molar refractivity (Wildman–Crippen MR) is 92.6 cm³/mol. The normalized spacial score (nSPS) is 32.0. The Morgan fingerprint density at radius 2 is 1.71 bits per heavy atom. The fraction of sp³-hybridized carbons (Fsp3) is 1.00. The van der Waals surface area contributed by atoms with E-state index in [0.717, 1.165) is 29.7 Å². The van der Waals surface area contributed by atoms with E-state index < -0.39 is 0 Å². The fourth-order valence-corrected chi connectivity index (χ4v) is 4.77. The molecule has 21 heavy (non-hydrogen) atoms. The van der Waals surface area contributed by atoms with Crippen LogP contribution in [0.15, 0.2) is 0 Å². The largest absolute Gasteiger partial charge is 0.317 e. The minimum absolute atomic E-state index is 0.744. The Labute approximate surface area is 133 Å². The van der Waals surface area contributed by atoms with E-state index in [4.69, 9.17) is 0 Å². The molecule has 0 aromatic heterocycles. The monoisotopic (exact) mass is 294 g/mol. The Morgan fingerprint density at radius 1 is 1.00 bits per heavy atom. The average molecular weight is 295 g/mol. The lowest BCUT2D eigenvalue weighted by Gasteiger charge is -2.40. The van der Waals surface area contributed by atoms with Gasteiger partial charge in [-0.2, -0.15) is 0 Å². The molecule has 0 bridgehead atoms. The molecule has 124 valence electrons. The number of nitrogens with zero attached hydrogens (tertiary/aromatic N) is 1. The first-order valence-electron chi connectivity index (χ1n) is 9.46. The first-order chi connectivity index (χ1) is 10.1. The summed E-state index contributed by atoms with van der Waals surface area (Å²) in [5.74, 6) is 3.63. The van der Waals surface area contributed by atoms with Crippen molar-refractivity contribution in [3.8, 4) is 0 Å². The maximum absolute atomic E-state index is 3.60. The molecule has 0 radical (unpaired) electrons. The van der Waals surface area contributed by atoms with Crippen LogP contribution in [0, 0.1) is 23.7 Å². The zero-order valence-corrected chi connectivity index (χ0v) is 14.9. The third-order valence-electron chi connectivity index (χ3n) is 6.18. The number of nitrogens with one attached hydrogen (secondary N) is 1. The number of rotatable bonds is 6. The molecular weight excluding hydrogens is 256 g/mol. The summed E-state index contributed by atoms with van der Waals surface area (Å²) in [7, 11) is 4.52. The van der Waals surface area contributed by atoms with Crippen molar-refractivity contribution in [1.29, 1.82) is 0 Å². The van der Waals surface area contributed by atoms with Gasteiger partial charge in [0.25, 0.3) is 0 Å². The lowest BCUT2D eigenvalue weighted by molar-refractivity contribution is 0.124. The highest BCUT2D eigenvalue weighted by Crippen LogP contribution is 2.34. The van der Waals surface area contributed by atoms with Crippen LogP contribution in [0.4, 0.5) is 0 Å². The van der Waals surface area contributed by atoms with Gasteiger partial charge in [0, 0.05) is 19.1 Å². The molecule has 2 aliphatic rings. The van der Waals surface area contributed by atoms with Crippen molar-refractivity contribution in [3.05, 3.63) is 0 Å². The van der Waals surface area contributed by atoms with E-state index in [2.05, 4.69) is 38.2 Å². The summed E-state index contributed by atoms with van der Waals surface area (Å²) in [6.07, 6.45) is 11.6. The Kier molecular flexibility index (Phi) is 7.01. The molecule has 0 spiro atoms. The minimum atomic E-state index is 0.744. The molecule has 2 nitrogen and oxygen atoms in total. The molecule has 3 atom stereocenters. The lowest BCUT2D eigenvalue weighted by atomic mass is 9.73. The van der Waals surface area contributed by atoms with Crippen LogP contribution >= 0.6 is 0 Å².